The molecule has 1 fully saturated rings. The molecule has 148 valence electrons. The van der Waals surface area contributed by atoms with Crippen LogP contribution in [0.5, 0.6) is 0 Å². The van der Waals surface area contributed by atoms with Crippen LogP contribution in [0.3, 0.4) is 0 Å². The lowest BCUT2D eigenvalue weighted by Crippen LogP contribution is -2.14. The van der Waals surface area contributed by atoms with Gasteiger partial charge in [0, 0.05) is 5.92 Å². The molecule has 2 atom stereocenters. The maximum atomic E-state index is 9.10. The maximum absolute atomic E-state index is 9.10. The molecule has 2 aromatic rings. The van der Waals surface area contributed by atoms with E-state index >= 15 is 0 Å². The van der Waals surface area contributed by atoms with Gasteiger partial charge in [-0.2, -0.15) is 0 Å². The van der Waals surface area contributed by atoms with Crippen LogP contribution in [0.1, 0.15) is 59.3 Å². The average molecular weight is 381 g/mol. The average Bonchev–Trinajstić information content (AvgIpc) is 3.46. The van der Waals surface area contributed by atoms with Crippen LogP contribution >= 0.6 is 0 Å². The zero-order valence-corrected chi connectivity index (χ0v) is 16.3. The van der Waals surface area contributed by atoms with E-state index in [4.69, 9.17) is 19.8 Å². The van der Waals surface area contributed by atoms with Crippen LogP contribution in [0.15, 0.2) is 48.5 Å². The van der Waals surface area contributed by atoms with Crippen molar-refractivity contribution in [2.45, 2.75) is 37.0 Å². The Balaban J connectivity index is 0.000000330. The Kier molecular flexibility index (Phi) is 6.15. The summed E-state index contributed by atoms with van der Waals surface area (Å²) in [5.41, 5.74) is 6.44. The van der Waals surface area contributed by atoms with Crippen LogP contribution in [-0.4, -0.2) is 47.7 Å². The monoisotopic (exact) mass is 381 g/mol. The first-order valence-electron chi connectivity index (χ1n) is 9.68. The van der Waals surface area contributed by atoms with Gasteiger partial charge in [-0.1, -0.05) is 48.5 Å². The highest BCUT2D eigenvalue weighted by atomic mass is 16.4. The summed E-state index contributed by atoms with van der Waals surface area (Å²) >= 11 is 0. The Labute approximate surface area is 165 Å². The van der Waals surface area contributed by atoms with Crippen LogP contribution in [0.4, 0.5) is 0 Å². The van der Waals surface area contributed by atoms with Crippen molar-refractivity contribution in [2.24, 2.45) is 0 Å². The first-order valence-corrected chi connectivity index (χ1v) is 9.68. The summed E-state index contributed by atoms with van der Waals surface area (Å²) in [6, 6.07) is 18.4. The fourth-order valence-electron chi connectivity index (χ4n) is 4.30. The lowest BCUT2D eigenvalue weighted by Gasteiger charge is -2.22. The molecule has 2 aliphatic carbocycles. The third kappa shape index (κ3) is 4.42. The van der Waals surface area contributed by atoms with Crippen molar-refractivity contribution in [2.75, 3.05) is 20.6 Å². The van der Waals surface area contributed by atoms with Gasteiger partial charge in [-0.15, -0.1) is 0 Å². The van der Waals surface area contributed by atoms with Crippen LogP contribution in [-0.2, 0) is 9.59 Å². The summed E-state index contributed by atoms with van der Waals surface area (Å²) in [4.78, 5) is 20.5. The molecule has 0 spiro atoms. The van der Waals surface area contributed by atoms with Crippen molar-refractivity contribution in [1.29, 1.82) is 0 Å². The third-order valence-electron chi connectivity index (χ3n) is 5.61. The molecule has 1 saturated carbocycles. The van der Waals surface area contributed by atoms with Crippen molar-refractivity contribution >= 4 is 11.9 Å². The van der Waals surface area contributed by atoms with E-state index in [0.717, 1.165) is 11.8 Å². The minimum Gasteiger partial charge on any atom is -0.473 e. The number of carboxylic acid groups (broad SMARTS) is 2. The van der Waals surface area contributed by atoms with Crippen LogP contribution in [0, 0.1) is 0 Å². The number of aliphatic carboxylic acids is 2. The normalized spacial score (nSPS) is 21.3. The molecule has 5 heteroatoms. The second-order valence-electron chi connectivity index (χ2n) is 7.81. The second kappa shape index (κ2) is 8.57. The SMILES string of the molecule is CN(C)CCCC1c2ccccc2C2CC2c2ccccc21.O=C(O)C(=O)O. The minimum atomic E-state index is -1.82. The van der Waals surface area contributed by atoms with Gasteiger partial charge in [-0.25, -0.2) is 9.59 Å². The molecule has 28 heavy (non-hydrogen) atoms. The first-order chi connectivity index (χ1) is 13.4. The van der Waals surface area contributed by atoms with E-state index < -0.39 is 11.9 Å². The molecular formula is C23H27NO4. The number of benzene rings is 2. The van der Waals surface area contributed by atoms with Gasteiger partial charge >= 0.3 is 11.9 Å². The number of hydrogen-bond donors (Lipinski definition) is 2. The lowest BCUT2D eigenvalue weighted by atomic mass is 9.83. The fourth-order valence-corrected chi connectivity index (χ4v) is 4.30. The third-order valence-corrected chi connectivity index (χ3v) is 5.61. The predicted molar refractivity (Wildman–Crippen MR) is 108 cm³/mol. The van der Waals surface area contributed by atoms with Crippen LogP contribution in [0.2, 0.25) is 0 Å². The highest BCUT2D eigenvalue weighted by molar-refractivity contribution is 6.27. The standard InChI is InChI=1S/C21H25N.C2H2O4/c1-22(2)13-7-12-17-15-8-3-5-10-18(15)20-14-21(20)19-11-6-4-9-16(17)19;3-1(4)2(5)6/h3-6,8-11,17,20-21H,7,12-14H2,1-2H3;(H,3,4)(H,5,6). The Morgan fingerprint density at radius 2 is 1.29 bits per heavy atom. The summed E-state index contributed by atoms with van der Waals surface area (Å²) in [5, 5.41) is 14.8. The summed E-state index contributed by atoms with van der Waals surface area (Å²) < 4.78 is 0. The van der Waals surface area contributed by atoms with E-state index in [1.54, 1.807) is 22.3 Å². The largest absolute Gasteiger partial charge is 0.473 e. The van der Waals surface area contributed by atoms with E-state index in [1.165, 1.54) is 25.8 Å². The zero-order chi connectivity index (χ0) is 20.3. The molecule has 0 aromatic heterocycles. The number of carbonyl (C=O) groups is 2. The molecule has 4 rings (SSSR count). The van der Waals surface area contributed by atoms with E-state index in [-0.39, 0.29) is 0 Å². The van der Waals surface area contributed by atoms with Gasteiger partial charge in [0.2, 0.25) is 0 Å². The zero-order valence-electron chi connectivity index (χ0n) is 16.3. The molecule has 0 saturated heterocycles. The quantitative estimate of drug-likeness (QED) is 0.786. The van der Waals surface area contributed by atoms with Crippen molar-refractivity contribution in [3.05, 3.63) is 70.8 Å². The van der Waals surface area contributed by atoms with Crippen LogP contribution in [0.25, 0.3) is 0 Å². The highest BCUT2D eigenvalue weighted by Gasteiger charge is 2.45. The van der Waals surface area contributed by atoms with Gasteiger partial charge in [0.15, 0.2) is 0 Å². The molecule has 0 radical (unpaired) electrons. The van der Waals surface area contributed by atoms with Gasteiger partial charge < -0.3 is 15.1 Å². The molecule has 2 aliphatic rings. The number of nitrogens with zero attached hydrogens (tertiary/aromatic N) is 1. The maximum Gasteiger partial charge on any atom is 0.414 e. The van der Waals surface area contributed by atoms with Crippen LogP contribution < -0.4 is 0 Å². The van der Waals surface area contributed by atoms with Crippen molar-refractivity contribution in [1.82, 2.24) is 4.90 Å². The molecule has 2 unspecified atom stereocenters. The Bertz CT molecular complexity index is 798. The van der Waals surface area contributed by atoms with Crippen molar-refractivity contribution < 1.29 is 19.8 Å². The smallest absolute Gasteiger partial charge is 0.414 e. The van der Waals surface area contributed by atoms with Crippen molar-refractivity contribution in [3.63, 3.8) is 0 Å². The molecule has 0 aliphatic heterocycles. The van der Waals surface area contributed by atoms with Crippen molar-refractivity contribution in [3.8, 4) is 0 Å². The summed E-state index contributed by atoms with van der Waals surface area (Å²) in [6.45, 7) is 1.17. The molecule has 5 nitrogen and oxygen atoms in total. The molecular weight excluding hydrogens is 354 g/mol. The predicted octanol–water partition coefficient (Wildman–Crippen LogP) is 3.90. The Hall–Kier alpha value is -2.66. The Morgan fingerprint density at radius 3 is 1.68 bits per heavy atom. The number of carboxylic acids is 2. The van der Waals surface area contributed by atoms with Gasteiger partial charge in [0.25, 0.3) is 0 Å². The van der Waals surface area contributed by atoms with E-state index in [9.17, 15) is 0 Å². The molecule has 0 heterocycles. The van der Waals surface area contributed by atoms with Gasteiger partial charge in [-0.3, -0.25) is 0 Å². The van der Waals surface area contributed by atoms with Gasteiger partial charge in [0.05, 0.1) is 0 Å². The second-order valence-corrected chi connectivity index (χ2v) is 7.81. The summed E-state index contributed by atoms with van der Waals surface area (Å²) in [7, 11) is 4.34. The number of rotatable bonds is 4. The summed E-state index contributed by atoms with van der Waals surface area (Å²) in [6.07, 6.45) is 3.86. The van der Waals surface area contributed by atoms with E-state index in [0.29, 0.717) is 5.92 Å². The van der Waals surface area contributed by atoms with E-state index in [1.807, 2.05) is 0 Å². The van der Waals surface area contributed by atoms with E-state index in [2.05, 4.69) is 67.5 Å². The molecule has 0 bridgehead atoms. The minimum absolute atomic E-state index is 0.583. The first kappa shape index (κ1) is 20.1. The summed E-state index contributed by atoms with van der Waals surface area (Å²) in [5.74, 6) is -1.52. The fraction of sp³-hybridized carbons (Fsp3) is 0.391. The Morgan fingerprint density at radius 1 is 0.857 bits per heavy atom. The van der Waals surface area contributed by atoms with Gasteiger partial charge in [-0.05, 0) is 74.0 Å². The lowest BCUT2D eigenvalue weighted by molar-refractivity contribution is -0.159. The molecule has 2 N–H and O–H groups in total. The molecule has 2 aromatic carbocycles. The molecule has 0 amide bonds. The number of hydrogen-bond acceptors (Lipinski definition) is 3. The topological polar surface area (TPSA) is 77.8 Å². The van der Waals surface area contributed by atoms with Gasteiger partial charge in [0.1, 0.15) is 0 Å². The number of fused-ring (bicyclic) bond motifs is 5. The highest BCUT2D eigenvalue weighted by Crippen LogP contribution is 2.60.